The topological polar surface area (TPSA) is 52.3 Å². The Morgan fingerprint density at radius 3 is 2.95 bits per heavy atom. The van der Waals surface area contributed by atoms with Crippen LogP contribution in [0.4, 0.5) is 0 Å². The van der Waals surface area contributed by atoms with E-state index in [-0.39, 0.29) is 11.1 Å². The van der Waals surface area contributed by atoms with Crippen LogP contribution in [0.25, 0.3) is 5.57 Å². The Hall–Kier alpha value is -2.10. The van der Waals surface area contributed by atoms with Crippen molar-refractivity contribution < 1.29 is 14.1 Å². The molecule has 0 atom stereocenters. The van der Waals surface area contributed by atoms with Crippen LogP contribution in [-0.4, -0.2) is 17.7 Å². The summed E-state index contributed by atoms with van der Waals surface area (Å²) in [5.74, 6) is 0.0910. The molecule has 0 radical (unpaired) electrons. The number of rotatable bonds is 3. The molecular weight excluding hydrogens is 242 g/mol. The summed E-state index contributed by atoms with van der Waals surface area (Å²) >= 11 is 0. The number of carbonyl (C=O) groups excluding carboxylic acids is 1. The van der Waals surface area contributed by atoms with Crippen molar-refractivity contribution in [2.75, 3.05) is 6.61 Å². The highest BCUT2D eigenvalue weighted by atomic mass is 16.5. The maximum Gasteiger partial charge on any atom is 0.360 e. The molecule has 0 N–H and O–H groups in total. The Balaban J connectivity index is 2.22. The minimum Gasteiger partial charge on any atom is -0.461 e. The molecule has 0 aliphatic heterocycles. The van der Waals surface area contributed by atoms with E-state index in [1.807, 2.05) is 18.2 Å². The van der Waals surface area contributed by atoms with Gasteiger partial charge in [0.25, 0.3) is 0 Å². The van der Waals surface area contributed by atoms with Gasteiger partial charge in [-0.1, -0.05) is 49.4 Å². The standard InChI is InChI=1S/C15H17NO3/c1-4-18-14(17)12-10-13(19-16-12)11-6-5-8-15(2,3)9-7-11/h5-10H,4H2,1-3H3. The van der Waals surface area contributed by atoms with Gasteiger partial charge in [0.2, 0.25) is 0 Å². The zero-order valence-electron chi connectivity index (χ0n) is 11.3. The van der Waals surface area contributed by atoms with Crippen molar-refractivity contribution in [3.8, 4) is 0 Å². The lowest BCUT2D eigenvalue weighted by Crippen LogP contribution is -2.04. The first-order valence-electron chi connectivity index (χ1n) is 6.25. The van der Waals surface area contributed by atoms with E-state index in [9.17, 15) is 4.79 Å². The minimum absolute atomic E-state index is 0.00222. The van der Waals surface area contributed by atoms with Gasteiger partial charge < -0.3 is 9.26 Å². The zero-order valence-corrected chi connectivity index (χ0v) is 11.3. The molecule has 1 aliphatic carbocycles. The number of nitrogens with zero attached hydrogens (tertiary/aromatic N) is 1. The van der Waals surface area contributed by atoms with Gasteiger partial charge >= 0.3 is 5.97 Å². The number of allylic oxidation sites excluding steroid dienone is 6. The van der Waals surface area contributed by atoms with Crippen molar-refractivity contribution in [1.29, 1.82) is 0 Å². The fourth-order valence-electron chi connectivity index (χ4n) is 1.69. The third-order valence-electron chi connectivity index (χ3n) is 2.77. The molecular formula is C15H17NO3. The lowest BCUT2D eigenvalue weighted by molar-refractivity contribution is 0.0514. The summed E-state index contributed by atoms with van der Waals surface area (Å²) in [5.41, 5.74) is 1.07. The van der Waals surface area contributed by atoms with Gasteiger partial charge in [-0.05, 0) is 6.92 Å². The Labute approximate surface area is 112 Å². The van der Waals surface area contributed by atoms with E-state index < -0.39 is 5.97 Å². The summed E-state index contributed by atoms with van der Waals surface area (Å²) in [5, 5.41) is 3.73. The highest BCUT2D eigenvalue weighted by molar-refractivity contribution is 5.88. The minimum atomic E-state index is -0.466. The number of hydrogen-bond donors (Lipinski definition) is 0. The maximum atomic E-state index is 11.5. The molecule has 0 spiro atoms. The van der Waals surface area contributed by atoms with Crippen LogP contribution in [0.5, 0.6) is 0 Å². The van der Waals surface area contributed by atoms with Crippen LogP contribution in [0.3, 0.4) is 0 Å². The first-order valence-corrected chi connectivity index (χ1v) is 6.25. The number of esters is 1. The lowest BCUT2D eigenvalue weighted by atomic mass is 9.93. The molecule has 0 amide bonds. The van der Waals surface area contributed by atoms with Gasteiger partial charge in [0.15, 0.2) is 11.5 Å². The highest BCUT2D eigenvalue weighted by Gasteiger charge is 2.16. The molecule has 100 valence electrons. The van der Waals surface area contributed by atoms with E-state index in [0.29, 0.717) is 12.4 Å². The van der Waals surface area contributed by atoms with Gasteiger partial charge in [-0.25, -0.2) is 4.79 Å². The summed E-state index contributed by atoms with van der Waals surface area (Å²) in [6.45, 7) is 6.30. The third kappa shape index (κ3) is 3.22. The Kier molecular flexibility index (Phi) is 3.69. The molecule has 0 fully saturated rings. The van der Waals surface area contributed by atoms with Gasteiger partial charge in [-0.2, -0.15) is 0 Å². The molecule has 4 nitrogen and oxygen atoms in total. The molecule has 0 unspecified atom stereocenters. The molecule has 1 aliphatic rings. The molecule has 2 rings (SSSR count). The SMILES string of the molecule is CCOC(=O)c1cc(C2=CC=CC(C)(C)C=C2)on1. The largest absolute Gasteiger partial charge is 0.461 e. The van der Waals surface area contributed by atoms with Crippen LogP contribution >= 0.6 is 0 Å². The molecule has 19 heavy (non-hydrogen) atoms. The van der Waals surface area contributed by atoms with Crippen LogP contribution in [-0.2, 0) is 4.74 Å². The Bertz CT molecular complexity index is 562. The van der Waals surface area contributed by atoms with Crippen molar-refractivity contribution in [2.24, 2.45) is 5.41 Å². The average molecular weight is 259 g/mol. The second-order valence-corrected chi connectivity index (χ2v) is 4.93. The van der Waals surface area contributed by atoms with E-state index in [1.165, 1.54) is 0 Å². The van der Waals surface area contributed by atoms with Gasteiger partial charge in [-0.15, -0.1) is 0 Å². The highest BCUT2D eigenvalue weighted by Crippen LogP contribution is 2.26. The fraction of sp³-hybridized carbons (Fsp3) is 0.333. The van der Waals surface area contributed by atoms with E-state index in [4.69, 9.17) is 9.26 Å². The van der Waals surface area contributed by atoms with E-state index in [2.05, 4.69) is 31.2 Å². The molecule has 4 heteroatoms. The summed E-state index contributed by atoms with van der Waals surface area (Å²) in [4.78, 5) is 11.5. The van der Waals surface area contributed by atoms with Crippen LogP contribution in [0.15, 0.2) is 41.0 Å². The van der Waals surface area contributed by atoms with Crippen molar-refractivity contribution >= 4 is 11.5 Å². The molecule has 0 aromatic carbocycles. The first kappa shape index (κ1) is 13.3. The van der Waals surface area contributed by atoms with Gasteiger partial charge in [0.1, 0.15) is 0 Å². The van der Waals surface area contributed by atoms with Gasteiger partial charge in [0, 0.05) is 17.1 Å². The monoisotopic (exact) mass is 259 g/mol. The fourth-order valence-corrected chi connectivity index (χ4v) is 1.69. The van der Waals surface area contributed by atoms with E-state index in [1.54, 1.807) is 13.0 Å². The van der Waals surface area contributed by atoms with Crippen LogP contribution in [0, 0.1) is 5.41 Å². The number of carbonyl (C=O) groups is 1. The zero-order chi connectivity index (χ0) is 13.9. The van der Waals surface area contributed by atoms with Gasteiger partial charge in [0.05, 0.1) is 6.61 Å². The van der Waals surface area contributed by atoms with Crippen LogP contribution in [0.1, 0.15) is 37.0 Å². The van der Waals surface area contributed by atoms with Gasteiger partial charge in [-0.3, -0.25) is 0 Å². The summed E-state index contributed by atoms with van der Waals surface area (Å²) < 4.78 is 10.1. The Morgan fingerprint density at radius 1 is 1.42 bits per heavy atom. The summed E-state index contributed by atoms with van der Waals surface area (Å²) in [6, 6.07) is 1.60. The normalized spacial score (nSPS) is 16.9. The predicted molar refractivity (Wildman–Crippen MR) is 72.5 cm³/mol. The molecule has 0 bridgehead atoms. The second kappa shape index (κ2) is 5.26. The summed E-state index contributed by atoms with van der Waals surface area (Å²) in [6.07, 6.45) is 10.0. The van der Waals surface area contributed by atoms with Crippen molar-refractivity contribution in [3.63, 3.8) is 0 Å². The van der Waals surface area contributed by atoms with E-state index >= 15 is 0 Å². The quantitative estimate of drug-likeness (QED) is 0.781. The van der Waals surface area contributed by atoms with Crippen LogP contribution in [0.2, 0.25) is 0 Å². The molecule has 0 saturated carbocycles. The number of hydrogen-bond acceptors (Lipinski definition) is 4. The third-order valence-corrected chi connectivity index (χ3v) is 2.77. The molecule has 1 aromatic rings. The van der Waals surface area contributed by atoms with Crippen molar-refractivity contribution in [3.05, 3.63) is 47.9 Å². The lowest BCUT2D eigenvalue weighted by Gasteiger charge is -2.12. The van der Waals surface area contributed by atoms with Crippen molar-refractivity contribution in [2.45, 2.75) is 20.8 Å². The molecule has 1 aromatic heterocycles. The predicted octanol–water partition coefficient (Wildman–Crippen LogP) is 3.39. The number of aromatic nitrogens is 1. The first-order chi connectivity index (χ1) is 9.02. The summed E-state index contributed by atoms with van der Waals surface area (Å²) in [7, 11) is 0. The van der Waals surface area contributed by atoms with Crippen LogP contribution < -0.4 is 0 Å². The second-order valence-electron chi connectivity index (χ2n) is 4.93. The average Bonchev–Trinajstić information content (AvgIpc) is 2.76. The molecule has 0 saturated heterocycles. The Morgan fingerprint density at radius 2 is 2.21 bits per heavy atom. The van der Waals surface area contributed by atoms with E-state index in [0.717, 1.165) is 5.57 Å². The number of ether oxygens (including phenoxy) is 1. The maximum absolute atomic E-state index is 11.5. The van der Waals surface area contributed by atoms with Crippen molar-refractivity contribution in [1.82, 2.24) is 5.16 Å². The smallest absolute Gasteiger partial charge is 0.360 e. The molecule has 1 heterocycles.